The van der Waals surface area contributed by atoms with Crippen molar-refractivity contribution in [1.29, 1.82) is 0 Å². The molecule has 1 N–H and O–H groups in total. The zero-order chi connectivity index (χ0) is 19.6. The van der Waals surface area contributed by atoms with Crippen molar-refractivity contribution < 1.29 is 14.7 Å². The molecule has 0 saturated carbocycles. The Kier molecular flexibility index (Phi) is 8.03. The van der Waals surface area contributed by atoms with Gasteiger partial charge in [-0.05, 0) is 64.6 Å². The molecule has 0 aliphatic rings. The summed E-state index contributed by atoms with van der Waals surface area (Å²) in [6.07, 6.45) is 1.66. The molecular weight excluding hydrogens is 344 g/mol. The number of nitrogens with zero attached hydrogens (tertiary/aromatic N) is 4. The molecule has 0 unspecified atom stereocenters. The number of hydrogen-bond acceptors (Lipinski definition) is 7. The van der Waals surface area contributed by atoms with Gasteiger partial charge in [-0.2, -0.15) is 0 Å². The van der Waals surface area contributed by atoms with Crippen molar-refractivity contribution in [3.8, 4) is 11.6 Å². The third kappa shape index (κ3) is 6.54. The molecule has 2 aromatic rings. The third-order valence-corrected chi connectivity index (χ3v) is 3.84. The van der Waals surface area contributed by atoms with Gasteiger partial charge in [0, 0.05) is 24.8 Å². The van der Waals surface area contributed by atoms with Crippen LogP contribution in [0.25, 0.3) is 0 Å². The van der Waals surface area contributed by atoms with Gasteiger partial charge in [0.1, 0.15) is 24.7 Å². The number of oxime groups is 1. The summed E-state index contributed by atoms with van der Waals surface area (Å²) < 4.78 is 11.5. The molecular formula is C20H28N4O3. The van der Waals surface area contributed by atoms with Crippen LogP contribution in [0.1, 0.15) is 11.1 Å². The van der Waals surface area contributed by atoms with E-state index in [0.717, 1.165) is 24.4 Å². The molecule has 0 bridgehead atoms. The van der Waals surface area contributed by atoms with Crippen molar-refractivity contribution in [2.45, 2.75) is 0 Å². The average Bonchev–Trinajstić information content (AvgIpc) is 2.64. The molecule has 0 radical (unpaired) electrons. The van der Waals surface area contributed by atoms with E-state index >= 15 is 0 Å². The van der Waals surface area contributed by atoms with Gasteiger partial charge in [0.2, 0.25) is 5.88 Å². The van der Waals surface area contributed by atoms with Crippen molar-refractivity contribution >= 4 is 5.71 Å². The summed E-state index contributed by atoms with van der Waals surface area (Å²) >= 11 is 0. The number of benzene rings is 1. The predicted octanol–water partition coefficient (Wildman–Crippen LogP) is 2.19. The molecule has 1 aromatic heterocycles. The molecule has 27 heavy (non-hydrogen) atoms. The molecule has 7 heteroatoms. The Bertz CT molecular complexity index is 730. The van der Waals surface area contributed by atoms with Crippen molar-refractivity contribution in [3.63, 3.8) is 0 Å². The van der Waals surface area contributed by atoms with E-state index in [9.17, 15) is 5.21 Å². The van der Waals surface area contributed by atoms with Gasteiger partial charge in [-0.25, -0.2) is 4.98 Å². The molecule has 1 aromatic carbocycles. The lowest BCUT2D eigenvalue weighted by Crippen LogP contribution is -2.20. The van der Waals surface area contributed by atoms with Crippen LogP contribution >= 0.6 is 0 Å². The summed E-state index contributed by atoms with van der Waals surface area (Å²) in [5.74, 6) is 1.21. The minimum absolute atomic E-state index is 0.405. The highest BCUT2D eigenvalue weighted by molar-refractivity contribution is 6.13. The quantitative estimate of drug-likeness (QED) is 0.392. The van der Waals surface area contributed by atoms with E-state index in [1.807, 2.05) is 63.4 Å². The molecule has 0 aliphatic heterocycles. The SMILES string of the molecule is CN(C)CCOc1ccc(/C(=N\O)c2cccnc2OCCN(C)C)cc1. The Labute approximate surface area is 160 Å². The topological polar surface area (TPSA) is 70.4 Å². The second-order valence-corrected chi connectivity index (χ2v) is 6.63. The van der Waals surface area contributed by atoms with Gasteiger partial charge >= 0.3 is 0 Å². The monoisotopic (exact) mass is 372 g/mol. The Hall–Kier alpha value is -2.64. The predicted molar refractivity (Wildman–Crippen MR) is 106 cm³/mol. The maximum absolute atomic E-state index is 9.60. The van der Waals surface area contributed by atoms with Gasteiger partial charge in [-0.15, -0.1) is 0 Å². The molecule has 0 atom stereocenters. The first-order valence-electron chi connectivity index (χ1n) is 8.84. The van der Waals surface area contributed by atoms with Gasteiger partial charge in [0.05, 0.1) is 5.56 Å². The summed E-state index contributed by atoms with van der Waals surface area (Å²) in [6.45, 7) is 2.71. The van der Waals surface area contributed by atoms with Gasteiger partial charge in [-0.1, -0.05) is 5.16 Å². The smallest absolute Gasteiger partial charge is 0.223 e. The fourth-order valence-corrected chi connectivity index (χ4v) is 2.33. The lowest BCUT2D eigenvalue weighted by molar-refractivity contribution is 0.253. The van der Waals surface area contributed by atoms with Crippen molar-refractivity contribution in [3.05, 3.63) is 53.7 Å². The van der Waals surface area contributed by atoms with Crippen LogP contribution < -0.4 is 9.47 Å². The Morgan fingerprint density at radius 2 is 1.59 bits per heavy atom. The van der Waals surface area contributed by atoms with E-state index in [2.05, 4.69) is 15.0 Å². The van der Waals surface area contributed by atoms with E-state index in [0.29, 0.717) is 30.4 Å². The van der Waals surface area contributed by atoms with Crippen molar-refractivity contribution in [2.24, 2.45) is 5.16 Å². The molecule has 0 fully saturated rings. The van der Waals surface area contributed by atoms with Gasteiger partial charge in [-0.3, -0.25) is 0 Å². The van der Waals surface area contributed by atoms with E-state index < -0.39 is 0 Å². The van der Waals surface area contributed by atoms with E-state index in [1.54, 1.807) is 12.3 Å². The molecule has 0 aliphatic carbocycles. The highest BCUT2D eigenvalue weighted by Crippen LogP contribution is 2.21. The minimum Gasteiger partial charge on any atom is -0.492 e. The standard InChI is InChI=1S/C20H28N4O3/c1-23(2)12-14-26-17-9-7-16(8-10-17)19(22-25)18-6-5-11-21-20(18)27-15-13-24(3)4/h5-11,25H,12-15H2,1-4H3/b22-19+. The molecule has 0 spiro atoms. The Balaban J connectivity index is 2.12. The highest BCUT2D eigenvalue weighted by atomic mass is 16.5. The van der Waals surface area contributed by atoms with Crippen LogP contribution in [0.15, 0.2) is 47.8 Å². The summed E-state index contributed by atoms with van der Waals surface area (Å²) in [4.78, 5) is 8.37. The van der Waals surface area contributed by atoms with Crippen LogP contribution in [0.2, 0.25) is 0 Å². The number of rotatable bonds is 10. The summed E-state index contributed by atoms with van der Waals surface area (Å²) in [5, 5.41) is 13.1. The first kappa shape index (κ1) is 20.7. The zero-order valence-electron chi connectivity index (χ0n) is 16.4. The molecule has 2 rings (SSSR count). The fraction of sp³-hybridized carbons (Fsp3) is 0.400. The molecule has 0 saturated heterocycles. The summed E-state index contributed by atoms with van der Waals surface area (Å²) in [6, 6.07) is 11.1. The maximum atomic E-state index is 9.60. The van der Waals surface area contributed by atoms with E-state index in [1.165, 1.54) is 0 Å². The maximum Gasteiger partial charge on any atom is 0.223 e. The summed E-state index contributed by atoms with van der Waals surface area (Å²) in [5.41, 5.74) is 1.80. The van der Waals surface area contributed by atoms with Gasteiger partial charge < -0.3 is 24.5 Å². The summed E-state index contributed by atoms with van der Waals surface area (Å²) in [7, 11) is 7.96. The van der Waals surface area contributed by atoms with Crippen LogP contribution in [-0.4, -0.2) is 80.2 Å². The second kappa shape index (κ2) is 10.5. The second-order valence-electron chi connectivity index (χ2n) is 6.63. The highest BCUT2D eigenvalue weighted by Gasteiger charge is 2.15. The minimum atomic E-state index is 0.405. The Morgan fingerprint density at radius 1 is 0.963 bits per heavy atom. The van der Waals surface area contributed by atoms with Crippen molar-refractivity contribution in [2.75, 3.05) is 54.5 Å². The first-order chi connectivity index (χ1) is 13.0. The number of likely N-dealkylation sites (N-methyl/N-ethyl adjacent to an activating group) is 2. The first-order valence-corrected chi connectivity index (χ1v) is 8.84. The zero-order valence-corrected chi connectivity index (χ0v) is 16.4. The molecule has 146 valence electrons. The number of aromatic nitrogens is 1. The van der Waals surface area contributed by atoms with Crippen molar-refractivity contribution in [1.82, 2.24) is 14.8 Å². The lowest BCUT2D eigenvalue weighted by Gasteiger charge is -2.14. The van der Waals surface area contributed by atoms with Crippen LogP contribution in [0.3, 0.4) is 0 Å². The van der Waals surface area contributed by atoms with Crippen LogP contribution in [0, 0.1) is 0 Å². The van der Waals surface area contributed by atoms with Crippen LogP contribution in [0.5, 0.6) is 11.6 Å². The van der Waals surface area contributed by atoms with Gasteiger partial charge in [0.15, 0.2) is 0 Å². The fourth-order valence-electron chi connectivity index (χ4n) is 2.33. The number of hydrogen-bond donors (Lipinski definition) is 1. The Morgan fingerprint density at radius 3 is 2.19 bits per heavy atom. The third-order valence-electron chi connectivity index (χ3n) is 3.84. The number of pyridine rings is 1. The van der Waals surface area contributed by atoms with Crippen LogP contribution in [-0.2, 0) is 0 Å². The van der Waals surface area contributed by atoms with E-state index in [-0.39, 0.29) is 0 Å². The number of ether oxygens (including phenoxy) is 2. The van der Waals surface area contributed by atoms with E-state index in [4.69, 9.17) is 9.47 Å². The molecule has 7 nitrogen and oxygen atoms in total. The largest absolute Gasteiger partial charge is 0.492 e. The lowest BCUT2D eigenvalue weighted by atomic mass is 10.0. The molecule has 0 amide bonds. The van der Waals surface area contributed by atoms with Crippen LogP contribution in [0.4, 0.5) is 0 Å². The normalized spacial score (nSPS) is 11.9. The molecule has 1 heterocycles. The average molecular weight is 372 g/mol. The van der Waals surface area contributed by atoms with Gasteiger partial charge in [0.25, 0.3) is 0 Å².